The molecule has 0 bridgehead atoms. The molecule has 3 heteroatoms. The summed E-state index contributed by atoms with van der Waals surface area (Å²) in [6, 6.07) is 0. The fourth-order valence-corrected chi connectivity index (χ4v) is 2.47. The number of aliphatic carboxylic acids is 1. The molecule has 0 rings (SSSR count). The molecule has 0 aromatic carbocycles. The van der Waals surface area contributed by atoms with Crippen molar-refractivity contribution in [2.24, 2.45) is 0 Å². The summed E-state index contributed by atoms with van der Waals surface area (Å²) in [6.07, 6.45) is 21.3. The Balaban J connectivity index is 3.37. The minimum atomic E-state index is -0.724. The Morgan fingerprint density at radius 1 is 0.870 bits per heavy atom. The lowest BCUT2D eigenvalue weighted by Crippen LogP contribution is -2.05. The molecule has 23 heavy (non-hydrogen) atoms. The lowest BCUT2D eigenvalue weighted by Gasteiger charge is -2.08. The average Bonchev–Trinajstić information content (AvgIpc) is 2.52. The number of carbonyl (C=O) groups is 1. The quantitative estimate of drug-likeness (QED) is 0.285. The van der Waals surface area contributed by atoms with Crippen LogP contribution in [0.4, 0.5) is 0 Å². The molecule has 0 aromatic heterocycles. The van der Waals surface area contributed by atoms with E-state index in [0.29, 0.717) is 6.42 Å². The van der Waals surface area contributed by atoms with E-state index in [2.05, 4.69) is 25.2 Å². The van der Waals surface area contributed by atoms with Gasteiger partial charge in [0.2, 0.25) is 0 Å². The molecule has 0 amide bonds. The molecule has 3 nitrogen and oxygen atoms in total. The second-order valence-corrected chi connectivity index (χ2v) is 6.25. The number of allylic oxidation sites excluding steroid dienone is 4. The topological polar surface area (TPSA) is 57.5 Å². The van der Waals surface area contributed by atoms with Crippen molar-refractivity contribution in [1.82, 2.24) is 0 Å². The van der Waals surface area contributed by atoms with E-state index in [1.807, 2.05) is 6.08 Å². The number of hydrogen-bond acceptors (Lipinski definition) is 2. The Bertz CT molecular complexity index is 321. The maximum atomic E-state index is 10.3. The van der Waals surface area contributed by atoms with Crippen LogP contribution in [0.2, 0.25) is 0 Å². The van der Waals surface area contributed by atoms with Gasteiger partial charge in [0.05, 0.1) is 6.10 Å². The minimum absolute atomic E-state index is 0.155. The first-order valence-corrected chi connectivity index (χ1v) is 9.36. The molecule has 1 atom stereocenters. The van der Waals surface area contributed by atoms with Gasteiger partial charge in [0.1, 0.15) is 0 Å². The lowest BCUT2D eigenvalue weighted by molar-refractivity contribution is -0.137. The summed E-state index contributed by atoms with van der Waals surface area (Å²) in [6.45, 7) is 2.23. The van der Waals surface area contributed by atoms with Crippen LogP contribution >= 0.6 is 0 Å². The van der Waals surface area contributed by atoms with Gasteiger partial charge in [-0.1, -0.05) is 69.8 Å². The summed E-state index contributed by atoms with van der Waals surface area (Å²) < 4.78 is 0. The molecular weight excluding hydrogens is 288 g/mol. The third-order valence-electron chi connectivity index (χ3n) is 3.92. The number of carboxylic acid groups (broad SMARTS) is 1. The van der Waals surface area contributed by atoms with Crippen LogP contribution in [0, 0.1) is 0 Å². The Morgan fingerprint density at radius 2 is 1.52 bits per heavy atom. The number of aliphatic hydroxyl groups excluding tert-OH is 1. The van der Waals surface area contributed by atoms with Gasteiger partial charge in [-0.25, -0.2) is 0 Å². The maximum absolute atomic E-state index is 10.3. The molecule has 0 radical (unpaired) electrons. The molecule has 0 spiro atoms. The molecule has 0 aliphatic carbocycles. The molecule has 0 aliphatic rings. The first kappa shape index (κ1) is 21.9. The highest BCUT2D eigenvalue weighted by molar-refractivity contribution is 5.66. The summed E-state index contributed by atoms with van der Waals surface area (Å²) >= 11 is 0. The van der Waals surface area contributed by atoms with Crippen LogP contribution in [-0.4, -0.2) is 22.3 Å². The van der Waals surface area contributed by atoms with Crippen molar-refractivity contribution >= 4 is 5.97 Å². The van der Waals surface area contributed by atoms with Gasteiger partial charge < -0.3 is 10.2 Å². The third kappa shape index (κ3) is 18.9. The second-order valence-electron chi connectivity index (χ2n) is 6.25. The monoisotopic (exact) mass is 324 g/mol. The zero-order chi connectivity index (χ0) is 17.2. The largest absolute Gasteiger partial charge is 0.481 e. The zero-order valence-corrected chi connectivity index (χ0v) is 14.9. The van der Waals surface area contributed by atoms with Gasteiger partial charge >= 0.3 is 5.97 Å². The first-order valence-electron chi connectivity index (χ1n) is 9.36. The van der Waals surface area contributed by atoms with Gasteiger partial charge in [0, 0.05) is 6.42 Å². The van der Waals surface area contributed by atoms with Crippen molar-refractivity contribution in [3.05, 3.63) is 24.3 Å². The number of carboxylic acids is 1. The first-order chi connectivity index (χ1) is 11.2. The van der Waals surface area contributed by atoms with Gasteiger partial charge in [-0.2, -0.15) is 0 Å². The Labute approximate surface area is 142 Å². The van der Waals surface area contributed by atoms with Crippen molar-refractivity contribution in [2.45, 2.75) is 96.5 Å². The van der Waals surface area contributed by atoms with Crippen molar-refractivity contribution in [2.75, 3.05) is 0 Å². The standard InChI is InChI=1S/C20H36O3/c1-2-3-4-5-10-13-16-19(21)17-14-11-8-6-7-9-12-15-18-20(22)23/h7-9,11,19,21H,2-6,10,12-18H2,1H3,(H,22,23)/b9-7-,11-8-/t19-/m1/s1. The highest BCUT2D eigenvalue weighted by atomic mass is 16.4. The molecular formula is C20H36O3. The van der Waals surface area contributed by atoms with Crippen LogP contribution in [0.3, 0.4) is 0 Å². The van der Waals surface area contributed by atoms with E-state index < -0.39 is 5.97 Å². The van der Waals surface area contributed by atoms with Crippen LogP contribution in [0.15, 0.2) is 24.3 Å². The Kier molecular flexibility index (Phi) is 16.4. The predicted octanol–water partition coefficient (Wildman–Crippen LogP) is 5.64. The SMILES string of the molecule is CCCCCCCC[C@@H](O)CC/C=C\C/C=C\CCCC(=O)O. The van der Waals surface area contributed by atoms with E-state index in [1.54, 1.807) is 0 Å². The van der Waals surface area contributed by atoms with E-state index in [4.69, 9.17) is 5.11 Å². The van der Waals surface area contributed by atoms with Crippen LogP contribution in [0.25, 0.3) is 0 Å². The van der Waals surface area contributed by atoms with Crippen molar-refractivity contribution < 1.29 is 15.0 Å². The normalized spacial score (nSPS) is 13.1. The van der Waals surface area contributed by atoms with Crippen molar-refractivity contribution in [3.8, 4) is 0 Å². The van der Waals surface area contributed by atoms with E-state index >= 15 is 0 Å². The summed E-state index contributed by atoms with van der Waals surface area (Å²) in [5.74, 6) is -0.724. The maximum Gasteiger partial charge on any atom is 0.303 e. The van der Waals surface area contributed by atoms with E-state index in [0.717, 1.165) is 38.5 Å². The predicted molar refractivity (Wildman–Crippen MR) is 97.6 cm³/mol. The molecule has 0 saturated carbocycles. The van der Waals surface area contributed by atoms with Crippen LogP contribution in [0.5, 0.6) is 0 Å². The van der Waals surface area contributed by atoms with Crippen molar-refractivity contribution in [3.63, 3.8) is 0 Å². The summed E-state index contributed by atoms with van der Waals surface area (Å²) in [7, 11) is 0. The highest BCUT2D eigenvalue weighted by Gasteiger charge is 2.02. The average molecular weight is 325 g/mol. The van der Waals surface area contributed by atoms with Crippen LogP contribution in [0.1, 0.15) is 90.4 Å². The highest BCUT2D eigenvalue weighted by Crippen LogP contribution is 2.11. The van der Waals surface area contributed by atoms with Gasteiger partial charge in [-0.05, 0) is 38.5 Å². The molecule has 0 heterocycles. The summed E-state index contributed by atoms with van der Waals surface area (Å²) in [5.41, 5.74) is 0. The molecule has 0 fully saturated rings. The summed E-state index contributed by atoms with van der Waals surface area (Å²) in [5, 5.41) is 18.4. The molecule has 0 aliphatic heterocycles. The molecule has 134 valence electrons. The van der Waals surface area contributed by atoms with Gasteiger partial charge in [0.15, 0.2) is 0 Å². The lowest BCUT2D eigenvalue weighted by atomic mass is 10.0. The van der Waals surface area contributed by atoms with Gasteiger partial charge in [-0.3, -0.25) is 4.79 Å². The molecule has 2 N–H and O–H groups in total. The minimum Gasteiger partial charge on any atom is -0.481 e. The molecule has 0 unspecified atom stereocenters. The van der Waals surface area contributed by atoms with E-state index in [9.17, 15) is 9.90 Å². The molecule has 0 saturated heterocycles. The smallest absolute Gasteiger partial charge is 0.303 e. The van der Waals surface area contributed by atoms with Gasteiger partial charge in [-0.15, -0.1) is 0 Å². The summed E-state index contributed by atoms with van der Waals surface area (Å²) in [4.78, 5) is 10.3. The fraction of sp³-hybridized carbons (Fsp3) is 0.750. The fourth-order valence-electron chi connectivity index (χ4n) is 2.47. The second kappa shape index (κ2) is 17.3. The van der Waals surface area contributed by atoms with Crippen molar-refractivity contribution in [1.29, 1.82) is 0 Å². The zero-order valence-electron chi connectivity index (χ0n) is 14.9. The van der Waals surface area contributed by atoms with E-state index in [1.165, 1.54) is 32.1 Å². The Hall–Kier alpha value is -1.09. The number of hydrogen-bond donors (Lipinski definition) is 2. The van der Waals surface area contributed by atoms with Crippen LogP contribution < -0.4 is 0 Å². The number of aliphatic hydroxyl groups is 1. The van der Waals surface area contributed by atoms with Crippen LogP contribution in [-0.2, 0) is 4.79 Å². The number of rotatable bonds is 16. The number of unbranched alkanes of at least 4 members (excludes halogenated alkanes) is 6. The van der Waals surface area contributed by atoms with E-state index in [-0.39, 0.29) is 12.5 Å². The van der Waals surface area contributed by atoms with Gasteiger partial charge in [0.25, 0.3) is 0 Å². The third-order valence-corrected chi connectivity index (χ3v) is 3.92. The molecule has 0 aromatic rings. The Morgan fingerprint density at radius 3 is 2.22 bits per heavy atom.